The lowest BCUT2D eigenvalue weighted by atomic mass is 10.0. The Morgan fingerprint density at radius 2 is 1.95 bits per heavy atom. The van der Waals surface area contributed by atoms with Crippen molar-refractivity contribution in [1.29, 1.82) is 0 Å². The zero-order valence-corrected chi connectivity index (χ0v) is 13.4. The zero-order valence-electron chi connectivity index (χ0n) is 12.6. The fourth-order valence-corrected chi connectivity index (χ4v) is 2.39. The Labute approximate surface area is 129 Å². The molecule has 0 aliphatic rings. The van der Waals surface area contributed by atoms with Crippen molar-refractivity contribution >= 4 is 17.3 Å². The van der Waals surface area contributed by atoms with E-state index in [4.69, 9.17) is 26.8 Å². The minimum atomic E-state index is 0.302. The number of aromatic nitrogens is 1. The topological polar surface area (TPSA) is 57.4 Å². The van der Waals surface area contributed by atoms with Crippen LogP contribution in [0.15, 0.2) is 24.3 Å². The van der Waals surface area contributed by atoms with Crippen LogP contribution in [-0.4, -0.2) is 12.1 Å². The Hall–Kier alpha value is -1.94. The molecule has 1 heterocycles. The molecule has 4 nitrogen and oxygen atoms in total. The zero-order chi connectivity index (χ0) is 15.6. The average molecular weight is 307 g/mol. The normalized spacial score (nSPS) is 10.8. The highest BCUT2D eigenvalue weighted by Gasteiger charge is 2.13. The fourth-order valence-electron chi connectivity index (χ4n) is 1.95. The monoisotopic (exact) mass is 306 g/mol. The number of nitrogens with two attached hydrogens (primary N) is 1. The summed E-state index contributed by atoms with van der Waals surface area (Å²) in [6.07, 6.45) is 0. The van der Waals surface area contributed by atoms with Crippen molar-refractivity contribution in [2.75, 3.05) is 12.8 Å². The van der Waals surface area contributed by atoms with E-state index in [1.807, 2.05) is 19.1 Å². The molecular formula is C16H19ClN2O2. The van der Waals surface area contributed by atoms with E-state index >= 15 is 0 Å². The van der Waals surface area contributed by atoms with Gasteiger partial charge in [0.1, 0.15) is 5.75 Å². The Morgan fingerprint density at radius 1 is 1.24 bits per heavy atom. The van der Waals surface area contributed by atoms with Gasteiger partial charge in [-0.15, -0.1) is 0 Å². The fraction of sp³-hybridized carbons (Fsp3) is 0.312. The van der Waals surface area contributed by atoms with Crippen LogP contribution in [0.3, 0.4) is 0 Å². The highest BCUT2D eigenvalue weighted by molar-refractivity contribution is 6.31. The number of nitrogen functional groups attached to an aromatic ring is 1. The average Bonchev–Trinajstić information content (AvgIpc) is 2.43. The molecule has 2 rings (SSSR count). The molecule has 2 N–H and O–H groups in total. The standard InChI is InChI=1S/C16H19ClN2O2/c1-9(2)11-8-14(10(3)7-12(11)17)21-16-13(18)5-6-15(19-16)20-4/h5-9H,18H2,1-4H3. The largest absolute Gasteiger partial charge is 0.481 e. The van der Waals surface area contributed by atoms with Crippen LogP contribution in [0.2, 0.25) is 5.02 Å². The van der Waals surface area contributed by atoms with E-state index in [0.717, 1.165) is 16.1 Å². The molecule has 0 unspecified atom stereocenters. The quantitative estimate of drug-likeness (QED) is 0.900. The van der Waals surface area contributed by atoms with Crippen molar-refractivity contribution < 1.29 is 9.47 Å². The number of halogens is 1. The molecule has 0 amide bonds. The number of aryl methyl sites for hydroxylation is 1. The van der Waals surface area contributed by atoms with Crippen molar-refractivity contribution in [3.63, 3.8) is 0 Å². The van der Waals surface area contributed by atoms with E-state index in [1.54, 1.807) is 19.2 Å². The van der Waals surface area contributed by atoms with Crippen molar-refractivity contribution in [3.8, 4) is 17.5 Å². The van der Waals surface area contributed by atoms with Gasteiger partial charge >= 0.3 is 0 Å². The van der Waals surface area contributed by atoms with Crippen LogP contribution in [0.5, 0.6) is 17.5 Å². The lowest BCUT2D eigenvalue weighted by Crippen LogP contribution is -1.99. The summed E-state index contributed by atoms with van der Waals surface area (Å²) >= 11 is 6.26. The van der Waals surface area contributed by atoms with Crippen LogP contribution < -0.4 is 15.2 Å². The molecule has 2 aromatic rings. The number of ether oxygens (including phenoxy) is 2. The number of anilines is 1. The van der Waals surface area contributed by atoms with Gasteiger partial charge in [0.05, 0.1) is 12.8 Å². The molecular weight excluding hydrogens is 288 g/mol. The van der Waals surface area contributed by atoms with Crippen molar-refractivity contribution in [3.05, 3.63) is 40.4 Å². The van der Waals surface area contributed by atoms with Crippen molar-refractivity contribution in [1.82, 2.24) is 4.98 Å². The van der Waals surface area contributed by atoms with Gasteiger partial charge in [-0.3, -0.25) is 0 Å². The van der Waals surface area contributed by atoms with Crippen LogP contribution in [0.4, 0.5) is 5.69 Å². The summed E-state index contributed by atoms with van der Waals surface area (Å²) in [5, 5.41) is 0.737. The van der Waals surface area contributed by atoms with E-state index in [-0.39, 0.29) is 0 Å². The summed E-state index contributed by atoms with van der Waals surface area (Å²) in [6.45, 7) is 6.10. The van der Waals surface area contributed by atoms with E-state index in [1.165, 1.54) is 0 Å². The summed E-state index contributed by atoms with van der Waals surface area (Å²) in [6, 6.07) is 7.22. The second-order valence-corrected chi connectivity index (χ2v) is 5.55. The maximum absolute atomic E-state index is 6.26. The van der Waals surface area contributed by atoms with Crippen molar-refractivity contribution in [2.24, 2.45) is 0 Å². The second-order valence-electron chi connectivity index (χ2n) is 5.14. The number of nitrogens with zero attached hydrogens (tertiary/aromatic N) is 1. The van der Waals surface area contributed by atoms with Gasteiger partial charge in [0.25, 0.3) is 0 Å². The first-order chi connectivity index (χ1) is 9.92. The van der Waals surface area contributed by atoms with Crippen LogP contribution >= 0.6 is 11.6 Å². The molecule has 0 spiro atoms. The maximum atomic E-state index is 6.26. The third kappa shape index (κ3) is 3.39. The van der Waals surface area contributed by atoms with Gasteiger partial charge in [0, 0.05) is 11.1 Å². The van der Waals surface area contributed by atoms with Gasteiger partial charge < -0.3 is 15.2 Å². The molecule has 1 aromatic carbocycles. The van der Waals surface area contributed by atoms with Crippen LogP contribution in [0.25, 0.3) is 0 Å². The molecule has 5 heteroatoms. The predicted octanol–water partition coefficient (Wildman–Crippen LogP) is 4.55. The second kappa shape index (κ2) is 6.22. The molecule has 0 bridgehead atoms. The van der Waals surface area contributed by atoms with E-state index < -0.39 is 0 Å². The van der Waals surface area contributed by atoms with Crippen LogP contribution in [0, 0.1) is 6.92 Å². The van der Waals surface area contributed by atoms with Gasteiger partial charge in [-0.2, -0.15) is 4.98 Å². The number of hydrogen-bond donors (Lipinski definition) is 1. The Bertz CT molecular complexity index is 657. The van der Waals surface area contributed by atoms with Gasteiger partial charge in [0.15, 0.2) is 0 Å². The lowest BCUT2D eigenvalue weighted by Gasteiger charge is -2.15. The molecule has 1 aromatic heterocycles. The summed E-state index contributed by atoms with van der Waals surface area (Å²) in [5.74, 6) is 1.77. The molecule has 21 heavy (non-hydrogen) atoms. The van der Waals surface area contributed by atoms with E-state index in [2.05, 4.69) is 18.8 Å². The number of hydrogen-bond acceptors (Lipinski definition) is 4. The Kier molecular flexibility index (Phi) is 4.58. The minimum absolute atomic E-state index is 0.302. The van der Waals surface area contributed by atoms with Gasteiger partial charge in [-0.25, -0.2) is 0 Å². The van der Waals surface area contributed by atoms with E-state index in [9.17, 15) is 0 Å². The first-order valence-electron chi connectivity index (χ1n) is 6.70. The highest BCUT2D eigenvalue weighted by Crippen LogP contribution is 2.35. The number of benzene rings is 1. The molecule has 0 atom stereocenters. The predicted molar refractivity (Wildman–Crippen MR) is 85.6 cm³/mol. The first kappa shape index (κ1) is 15.4. The third-order valence-electron chi connectivity index (χ3n) is 3.20. The van der Waals surface area contributed by atoms with E-state index in [0.29, 0.717) is 29.1 Å². The smallest absolute Gasteiger partial charge is 0.246 e. The highest BCUT2D eigenvalue weighted by atomic mass is 35.5. The summed E-state index contributed by atoms with van der Waals surface area (Å²) < 4.78 is 10.9. The van der Waals surface area contributed by atoms with Gasteiger partial charge in [-0.1, -0.05) is 25.4 Å². The molecule has 0 saturated carbocycles. The van der Waals surface area contributed by atoms with Crippen molar-refractivity contribution in [2.45, 2.75) is 26.7 Å². The van der Waals surface area contributed by atoms with Gasteiger partial charge in [0.2, 0.25) is 11.8 Å². The summed E-state index contributed by atoms with van der Waals surface area (Å²) in [7, 11) is 1.55. The molecule has 0 saturated heterocycles. The van der Waals surface area contributed by atoms with Crippen LogP contribution in [0.1, 0.15) is 30.9 Å². The number of rotatable bonds is 4. The Morgan fingerprint density at radius 3 is 2.57 bits per heavy atom. The molecule has 112 valence electrons. The summed E-state index contributed by atoms with van der Waals surface area (Å²) in [4.78, 5) is 4.22. The number of pyridine rings is 1. The molecule has 0 fully saturated rings. The lowest BCUT2D eigenvalue weighted by molar-refractivity contribution is 0.383. The summed E-state index contributed by atoms with van der Waals surface area (Å²) in [5.41, 5.74) is 8.31. The molecule has 0 aliphatic carbocycles. The first-order valence-corrected chi connectivity index (χ1v) is 7.08. The number of methoxy groups -OCH3 is 1. The molecule has 0 radical (unpaired) electrons. The third-order valence-corrected chi connectivity index (χ3v) is 3.52. The maximum Gasteiger partial charge on any atom is 0.246 e. The molecule has 0 aliphatic heterocycles. The Balaban J connectivity index is 2.42. The SMILES string of the molecule is COc1ccc(N)c(Oc2cc(C(C)C)c(Cl)cc2C)n1. The minimum Gasteiger partial charge on any atom is -0.481 e. The van der Waals surface area contributed by atoms with Gasteiger partial charge in [-0.05, 0) is 42.2 Å². The van der Waals surface area contributed by atoms with Crippen LogP contribution in [-0.2, 0) is 0 Å².